The average molecular weight is 254 g/mol. The summed E-state index contributed by atoms with van der Waals surface area (Å²) in [6.07, 6.45) is 2.84. The highest BCUT2D eigenvalue weighted by atomic mass is 16.5. The number of benzene rings is 1. The van der Waals surface area contributed by atoms with Gasteiger partial charge in [0.15, 0.2) is 0 Å². The Bertz CT molecular complexity index is 565. The standard InChI is InChI=1S/C16H18N2O/c1-11-6-7-13(9-18-11)16(17)14-8-12-4-2-3-5-15(12)19-10-14/h2-7,9,14,16H,8,10,17H2,1H3. The lowest BCUT2D eigenvalue weighted by molar-refractivity contribution is 0.200. The summed E-state index contributed by atoms with van der Waals surface area (Å²) in [5, 5.41) is 0. The van der Waals surface area contributed by atoms with Crippen molar-refractivity contribution in [3.63, 3.8) is 0 Å². The van der Waals surface area contributed by atoms with Crippen LogP contribution in [0, 0.1) is 12.8 Å². The first kappa shape index (κ1) is 12.2. The van der Waals surface area contributed by atoms with Crippen LogP contribution in [-0.2, 0) is 6.42 Å². The highest BCUT2D eigenvalue weighted by molar-refractivity contribution is 5.35. The molecule has 1 aliphatic heterocycles. The molecule has 2 unspecified atom stereocenters. The van der Waals surface area contributed by atoms with Crippen LogP contribution in [0.2, 0.25) is 0 Å². The van der Waals surface area contributed by atoms with Gasteiger partial charge in [-0.25, -0.2) is 0 Å². The molecule has 0 aliphatic carbocycles. The lowest BCUT2D eigenvalue weighted by Crippen LogP contribution is -2.31. The summed E-state index contributed by atoms with van der Waals surface area (Å²) in [6, 6.07) is 12.2. The molecule has 0 saturated heterocycles. The number of aryl methyl sites for hydroxylation is 1. The Morgan fingerprint density at radius 1 is 1.26 bits per heavy atom. The minimum atomic E-state index is -0.0264. The Morgan fingerprint density at radius 3 is 2.89 bits per heavy atom. The number of para-hydroxylation sites is 1. The SMILES string of the molecule is Cc1ccc(C(N)C2COc3ccccc3C2)cn1. The summed E-state index contributed by atoms with van der Waals surface area (Å²) in [6.45, 7) is 2.65. The number of rotatable bonds is 2. The summed E-state index contributed by atoms with van der Waals surface area (Å²) in [4.78, 5) is 4.32. The van der Waals surface area contributed by atoms with Crippen LogP contribution in [0.5, 0.6) is 5.75 Å². The van der Waals surface area contributed by atoms with Gasteiger partial charge in [0.1, 0.15) is 5.75 Å². The predicted octanol–water partition coefficient (Wildman–Crippen LogP) is 2.64. The highest BCUT2D eigenvalue weighted by Crippen LogP contribution is 2.32. The minimum Gasteiger partial charge on any atom is -0.493 e. The number of aromatic nitrogens is 1. The van der Waals surface area contributed by atoms with Crippen LogP contribution in [0.3, 0.4) is 0 Å². The quantitative estimate of drug-likeness (QED) is 0.896. The molecule has 0 saturated carbocycles. The molecule has 3 heteroatoms. The second kappa shape index (κ2) is 5.02. The van der Waals surface area contributed by atoms with Crippen molar-refractivity contribution in [1.82, 2.24) is 4.98 Å². The summed E-state index contributed by atoms with van der Waals surface area (Å²) in [7, 11) is 0. The van der Waals surface area contributed by atoms with E-state index in [0.29, 0.717) is 12.5 Å². The second-order valence-corrected chi connectivity index (χ2v) is 5.14. The number of hydrogen-bond donors (Lipinski definition) is 1. The lowest BCUT2D eigenvalue weighted by atomic mass is 9.87. The maximum Gasteiger partial charge on any atom is 0.122 e. The summed E-state index contributed by atoms with van der Waals surface area (Å²) < 4.78 is 5.80. The minimum absolute atomic E-state index is 0.0264. The first-order valence-corrected chi connectivity index (χ1v) is 6.63. The van der Waals surface area contributed by atoms with E-state index in [0.717, 1.165) is 23.4 Å². The summed E-state index contributed by atoms with van der Waals surface area (Å²) in [5.74, 6) is 1.30. The zero-order chi connectivity index (χ0) is 13.2. The highest BCUT2D eigenvalue weighted by Gasteiger charge is 2.26. The molecule has 0 spiro atoms. The monoisotopic (exact) mass is 254 g/mol. The Hall–Kier alpha value is -1.87. The number of pyridine rings is 1. The molecular formula is C16H18N2O. The van der Waals surface area contributed by atoms with Crippen LogP contribution in [0.25, 0.3) is 0 Å². The van der Waals surface area contributed by atoms with Crippen molar-refractivity contribution in [2.24, 2.45) is 11.7 Å². The van der Waals surface area contributed by atoms with E-state index in [4.69, 9.17) is 10.5 Å². The van der Waals surface area contributed by atoms with Crippen LogP contribution in [0.4, 0.5) is 0 Å². The van der Waals surface area contributed by atoms with E-state index >= 15 is 0 Å². The third-order valence-electron chi connectivity index (χ3n) is 3.73. The zero-order valence-electron chi connectivity index (χ0n) is 11.0. The molecule has 2 heterocycles. The van der Waals surface area contributed by atoms with Crippen LogP contribution in [0.15, 0.2) is 42.6 Å². The van der Waals surface area contributed by atoms with E-state index in [2.05, 4.69) is 17.1 Å². The fourth-order valence-electron chi connectivity index (χ4n) is 2.53. The van der Waals surface area contributed by atoms with Crippen molar-refractivity contribution < 1.29 is 4.74 Å². The fourth-order valence-corrected chi connectivity index (χ4v) is 2.53. The van der Waals surface area contributed by atoms with E-state index in [1.165, 1.54) is 5.56 Å². The molecule has 0 amide bonds. The van der Waals surface area contributed by atoms with Gasteiger partial charge in [-0.15, -0.1) is 0 Å². The van der Waals surface area contributed by atoms with Gasteiger partial charge < -0.3 is 10.5 Å². The van der Waals surface area contributed by atoms with Crippen molar-refractivity contribution in [1.29, 1.82) is 0 Å². The number of nitrogens with two attached hydrogens (primary N) is 1. The van der Waals surface area contributed by atoms with Crippen molar-refractivity contribution >= 4 is 0 Å². The summed E-state index contributed by atoms with van der Waals surface area (Å²) >= 11 is 0. The van der Waals surface area contributed by atoms with E-state index in [9.17, 15) is 0 Å². The van der Waals surface area contributed by atoms with Gasteiger partial charge in [0.25, 0.3) is 0 Å². The topological polar surface area (TPSA) is 48.1 Å². The van der Waals surface area contributed by atoms with Crippen LogP contribution >= 0.6 is 0 Å². The van der Waals surface area contributed by atoms with Crippen LogP contribution in [0.1, 0.15) is 22.9 Å². The maximum absolute atomic E-state index is 6.36. The Kier molecular flexibility index (Phi) is 3.22. The molecule has 2 aromatic rings. The molecular weight excluding hydrogens is 236 g/mol. The van der Waals surface area contributed by atoms with E-state index < -0.39 is 0 Å². The van der Waals surface area contributed by atoms with E-state index in [1.54, 1.807) is 0 Å². The van der Waals surface area contributed by atoms with Gasteiger partial charge in [0.05, 0.1) is 6.61 Å². The Balaban J connectivity index is 1.79. The van der Waals surface area contributed by atoms with E-state index in [1.807, 2.05) is 37.4 Å². The van der Waals surface area contributed by atoms with Gasteiger partial charge >= 0.3 is 0 Å². The van der Waals surface area contributed by atoms with E-state index in [-0.39, 0.29) is 6.04 Å². The van der Waals surface area contributed by atoms with Gasteiger partial charge in [0, 0.05) is 23.9 Å². The van der Waals surface area contributed by atoms with Gasteiger partial charge in [-0.2, -0.15) is 0 Å². The first-order chi connectivity index (χ1) is 9.24. The van der Waals surface area contributed by atoms with Gasteiger partial charge in [-0.3, -0.25) is 4.98 Å². The van der Waals surface area contributed by atoms with Crippen LogP contribution < -0.4 is 10.5 Å². The predicted molar refractivity (Wildman–Crippen MR) is 75.0 cm³/mol. The van der Waals surface area contributed by atoms with Crippen molar-refractivity contribution in [3.8, 4) is 5.75 Å². The number of nitrogens with zero attached hydrogens (tertiary/aromatic N) is 1. The molecule has 1 aliphatic rings. The molecule has 2 N–H and O–H groups in total. The third kappa shape index (κ3) is 2.47. The molecule has 19 heavy (non-hydrogen) atoms. The van der Waals surface area contributed by atoms with Gasteiger partial charge in [-0.1, -0.05) is 24.3 Å². The lowest BCUT2D eigenvalue weighted by Gasteiger charge is -2.29. The summed E-state index contributed by atoms with van der Waals surface area (Å²) in [5.41, 5.74) is 9.70. The number of fused-ring (bicyclic) bond motifs is 1. The molecule has 0 fully saturated rings. The smallest absolute Gasteiger partial charge is 0.122 e. The largest absolute Gasteiger partial charge is 0.493 e. The maximum atomic E-state index is 6.36. The molecule has 98 valence electrons. The molecule has 3 rings (SSSR count). The number of ether oxygens (including phenoxy) is 1. The molecule has 1 aromatic heterocycles. The first-order valence-electron chi connectivity index (χ1n) is 6.63. The van der Waals surface area contributed by atoms with Crippen molar-refractivity contribution in [2.75, 3.05) is 6.61 Å². The Morgan fingerprint density at radius 2 is 2.11 bits per heavy atom. The average Bonchev–Trinajstić information content (AvgIpc) is 2.47. The van der Waals surface area contributed by atoms with Crippen LogP contribution in [-0.4, -0.2) is 11.6 Å². The molecule has 3 nitrogen and oxygen atoms in total. The van der Waals surface area contributed by atoms with Gasteiger partial charge in [-0.05, 0) is 36.6 Å². The number of hydrogen-bond acceptors (Lipinski definition) is 3. The molecule has 1 aromatic carbocycles. The zero-order valence-corrected chi connectivity index (χ0v) is 11.0. The fraction of sp³-hybridized carbons (Fsp3) is 0.312. The van der Waals surface area contributed by atoms with Gasteiger partial charge in [0.2, 0.25) is 0 Å². The second-order valence-electron chi connectivity index (χ2n) is 5.14. The molecule has 2 atom stereocenters. The molecule has 0 bridgehead atoms. The normalized spacial score (nSPS) is 19.4. The third-order valence-corrected chi connectivity index (χ3v) is 3.73. The van der Waals surface area contributed by atoms with Crippen molar-refractivity contribution in [2.45, 2.75) is 19.4 Å². The van der Waals surface area contributed by atoms with Crippen molar-refractivity contribution in [3.05, 3.63) is 59.4 Å². The Labute approximate surface area is 113 Å². The molecule has 0 radical (unpaired) electrons.